The molecular formula is C33H27BrN6O3. The van der Waals surface area contributed by atoms with Gasteiger partial charge >= 0.3 is 0 Å². The van der Waals surface area contributed by atoms with Crippen molar-refractivity contribution in [2.75, 3.05) is 13.6 Å². The second kappa shape index (κ2) is 11.7. The SMILES string of the molecule is [C-]#[N+]c1cc(C(=O)N2CCc3c(n4ncc(CCc5ccccc5)c4n(-c4ccc(C(=O)NC)cc4)c3=O)C2)ccc1Br. The fraction of sp³-hybridized carbons (Fsp3) is 0.182. The zero-order valence-electron chi connectivity index (χ0n) is 23.4. The standard InChI is InChI=1S/C33H27BrN6O3/c1-35-28-18-23(12-15-27(28)34)32(42)38-17-16-26-29(20-38)40-31(24(19-37-40)9-8-21-6-4-3-5-7-21)39(33(26)43)25-13-10-22(11-14-25)30(41)36-2/h3-7,10-15,18-19H,8-9,16-17,20H2,2H3,(H,36,41). The summed E-state index contributed by atoms with van der Waals surface area (Å²) >= 11 is 3.36. The lowest BCUT2D eigenvalue weighted by Gasteiger charge is -2.30. The number of carbonyl (C=O) groups excluding carboxylic acids is 2. The number of amides is 2. The molecule has 43 heavy (non-hydrogen) atoms. The van der Waals surface area contributed by atoms with E-state index in [4.69, 9.17) is 11.7 Å². The molecule has 0 radical (unpaired) electrons. The average molecular weight is 636 g/mol. The number of fused-ring (bicyclic) bond motifs is 3. The minimum atomic E-state index is -0.207. The Labute approximate surface area is 256 Å². The first-order chi connectivity index (χ1) is 20.9. The molecule has 0 saturated heterocycles. The molecule has 9 nitrogen and oxygen atoms in total. The molecule has 1 aliphatic heterocycles. The average Bonchev–Trinajstić information content (AvgIpc) is 3.47. The second-order valence-corrected chi connectivity index (χ2v) is 11.2. The van der Waals surface area contributed by atoms with Crippen molar-refractivity contribution in [2.45, 2.75) is 25.8 Å². The first-order valence-corrected chi connectivity index (χ1v) is 14.6. The van der Waals surface area contributed by atoms with Crippen molar-refractivity contribution in [3.63, 3.8) is 0 Å². The van der Waals surface area contributed by atoms with Crippen LogP contribution in [-0.4, -0.2) is 44.5 Å². The summed E-state index contributed by atoms with van der Waals surface area (Å²) in [5.41, 5.74) is 5.73. The summed E-state index contributed by atoms with van der Waals surface area (Å²) in [6.07, 6.45) is 3.58. The molecule has 6 rings (SSSR count). The molecule has 2 aromatic heterocycles. The largest absolute Gasteiger partial charge is 0.355 e. The number of halogens is 1. The van der Waals surface area contributed by atoms with E-state index < -0.39 is 0 Å². The van der Waals surface area contributed by atoms with E-state index in [0.29, 0.717) is 63.3 Å². The van der Waals surface area contributed by atoms with Gasteiger partial charge in [0, 0.05) is 40.3 Å². The molecule has 0 unspecified atom stereocenters. The second-order valence-electron chi connectivity index (χ2n) is 10.3. The van der Waals surface area contributed by atoms with Crippen molar-refractivity contribution >= 4 is 39.1 Å². The molecule has 0 fully saturated rings. The van der Waals surface area contributed by atoms with Gasteiger partial charge in [-0.15, -0.1) is 0 Å². The molecule has 1 N–H and O–H groups in total. The Morgan fingerprint density at radius 2 is 1.77 bits per heavy atom. The third-order valence-electron chi connectivity index (χ3n) is 7.81. The lowest BCUT2D eigenvalue weighted by Crippen LogP contribution is -2.41. The van der Waals surface area contributed by atoms with Crippen LogP contribution in [0.5, 0.6) is 0 Å². The van der Waals surface area contributed by atoms with Gasteiger partial charge in [-0.05, 0) is 55.2 Å². The molecule has 3 aromatic carbocycles. The van der Waals surface area contributed by atoms with E-state index in [0.717, 1.165) is 12.0 Å². The maximum atomic E-state index is 14.2. The van der Waals surface area contributed by atoms with E-state index in [1.807, 2.05) is 18.2 Å². The van der Waals surface area contributed by atoms with Gasteiger partial charge in [-0.1, -0.05) is 58.4 Å². The molecule has 2 amide bonds. The van der Waals surface area contributed by atoms with E-state index in [1.165, 1.54) is 5.56 Å². The Balaban J connectivity index is 1.45. The van der Waals surface area contributed by atoms with Gasteiger partial charge < -0.3 is 10.2 Å². The number of aromatic nitrogens is 3. The number of nitrogens with one attached hydrogen (secondary N) is 1. The van der Waals surface area contributed by atoms with Crippen molar-refractivity contribution in [2.24, 2.45) is 0 Å². The van der Waals surface area contributed by atoms with Crippen molar-refractivity contribution in [3.8, 4) is 5.69 Å². The van der Waals surface area contributed by atoms with Gasteiger partial charge in [-0.2, -0.15) is 5.10 Å². The highest BCUT2D eigenvalue weighted by atomic mass is 79.9. The fourth-order valence-electron chi connectivity index (χ4n) is 5.55. The van der Waals surface area contributed by atoms with E-state index in [9.17, 15) is 14.4 Å². The van der Waals surface area contributed by atoms with Crippen LogP contribution in [0, 0.1) is 6.57 Å². The van der Waals surface area contributed by atoms with Gasteiger partial charge in [0.2, 0.25) is 5.69 Å². The predicted octanol–water partition coefficient (Wildman–Crippen LogP) is 5.14. The molecule has 3 heterocycles. The smallest absolute Gasteiger partial charge is 0.261 e. The van der Waals surface area contributed by atoms with Crippen molar-refractivity contribution < 1.29 is 9.59 Å². The molecule has 0 bridgehead atoms. The minimum Gasteiger partial charge on any atom is -0.355 e. The number of hydrogen-bond donors (Lipinski definition) is 1. The fourth-order valence-corrected chi connectivity index (χ4v) is 5.88. The zero-order chi connectivity index (χ0) is 30.1. The van der Waals surface area contributed by atoms with Gasteiger partial charge in [0.05, 0.1) is 30.7 Å². The van der Waals surface area contributed by atoms with Crippen LogP contribution in [0.25, 0.3) is 16.2 Å². The number of rotatable bonds is 6. The Kier molecular flexibility index (Phi) is 7.65. The van der Waals surface area contributed by atoms with Gasteiger partial charge in [-0.3, -0.25) is 19.0 Å². The molecular weight excluding hydrogens is 608 g/mol. The highest BCUT2D eigenvalue weighted by Crippen LogP contribution is 2.29. The van der Waals surface area contributed by atoms with Crippen LogP contribution < -0.4 is 10.9 Å². The summed E-state index contributed by atoms with van der Waals surface area (Å²) in [5.74, 6) is -0.414. The third-order valence-corrected chi connectivity index (χ3v) is 8.48. The molecule has 0 aliphatic carbocycles. The maximum Gasteiger partial charge on any atom is 0.261 e. The highest BCUT2D eigenvalue weighted by molar-refractivity contribution is 9.10. The Hall–Kier alpha value is -5.01. The highest BCUT2D eigenvalue weighted by Gasteiger charge is 2.29. The topological polar surface area (TPSA) is 93.1 Å². The molecule has 5 aromatic rings. The van der Waals surface area contributed by atoms with Crippen molar-refractivity contribution in [1.29, 1.82) is 0 Å². The predicted molar refractivity (Wildman–Crippen MR) is 167 cm³/mol. The van der Waals surface area contributed by atoms with Crippen molar-refractivity contribution in [3.05, 3.63) is 139 Å². The van der Waals surface area contributed by atoms with Crippen LogP contribution in [-0.2, 0) is 25.8 Å². The number of benzene rings is 3. The van der Waals surface area contributed by atoms with Crippen LogP contribution in [0.3, 0.4) is 0 Å². The molecule has 0 spiro atoms. The summed E-state index contributed by atoms with van der Waals surface area (Å²) in [4.78, 5) is 45.1. The summed E-state index contributed by atoms with van der Waals surface area (Å²) in [5, 5.41) is 7.37. The first kappa shape index (κ1) is 28.1. The van der Waals surface area contributed by atoms with Crippen molar-refractivity contribution in [1.82, 2.24) is 24.4 Å². The molecule has 1 aliphatic rings. The number of aryl methyl sites for hydroxylation is 2. The van der Waals surface area contributed by atoms with E-state index in [1.54, 1.807) is 69.7 Å². The monoisotopic (exact) mass is 634 g/mol. The number of hydrogen-bond acceptors (Lipinski definition) is 4. The lowest BCUT2D eigenvalue weighted by atomic mass is 10.0. The molecule has 0 saturated carbocycles. The summed E-state index contributed by atoms with van der Waals surface area (Å²) < 4.78 is 4.09. The van der Waals surface area contributed by atoms with E-state index in [2.05, 4.69) is 38.2 Å². The van der Waals surface area contributed by atoms with E-state index >= 15 is 0 Å². The molecule has 0 atom stereocenters. The summed E-state index contributed by atoms with van der Waals surface area (Å²) in [6, 6.07) is 22.1. The van der Waals surface area contributed by atoms with Crippen LogP contribution >= 0.6 is 15.9 Å². The quantitative estimate of drug-likeness (QED) is 0.262. The van der Waals surface area contributed by atoms with Gasteiger partial charge in [0.25, 0.3) is 17.4 Å². The van der Waals surface area contributed by atoms with E-state index in [-0.39, 0.29) is 23.9 Å². The maximum absolute atomic E-state index is 14.2. The minimum absolute atomic E-state index is 0.164. The molecule has 214 valence electrons. The normalized spacial score (nSPS) is 12.5. The summed E-state index contributed by atoms with van der Waals surface area (Å²) in [7, 11) is 1.58. The Morgan fingerprint density at radius 3 is 2.49 bits per heavy atom. The van der Waals surface area contributed by atoms with Crippen LogP contribution in [0.15, 0.2) is 88.3 Å². The van der Waals surface area contributed by atoms with Gasteiger partial charge in [-0.25, -0.2) is 9.36 Å². The third kappa shape index (κ3) is 5.24. The van der Waals surface area contributed by atoms with Crippen LogP contribution in [0.4, 0.5) is 5.69 Å². The molecule has 10 heteroatoms. The number of carbonyl (C=O) groups is 2. The Morgan fingerprint density at radius 1 is 1.02 bits per heavy atom. The van der Waals surface area contributed by atoms with Crippen LogP contribution in [0.2, 0.25) is 0 Å². The van der Waals surface area contributed by atoms with Gasteiger partial charge in [0.1, 0.15) is 5.65 Å². The van der Waals surface area contributed by atoms with Crippen LogP contribution in [0.1, 0.15) is 43.1 Å². The van der Waals surface area contributed by atoms with Gasteiger partial charge in [0.15, 0.2) is 0 Å². The number of nitrogens with zero attached hydrogens (tertiary/aromatic N) is 5. The Bertz CT molecular complexity index is 1970. The first-order valence-electron chi connectivity index (χ1n) is 13.9. The lowest BCUT2D eigenvalue weighted by molar-refractivity contribution is 0.0729. The summed E-state index contributed by atoms with van der Waals surface area (Å²) in [6.45, 7) is 7.97. The zero-order valence-corrected chi connectivity index (χ0v) is 25.0.